The van der Waals surface area contributed by atoms with Crippen molar-refractivity contribution in [3.05, 3.63) is 28.8 Å². The first-order valence-corrected chi connectivity index (χ1v) is 6.87. The van der Waals surface area contributed by atoms with Crippen molar-refractivity contribution >= 4 is 33.2 Å². The molecule has 1 aliphatic rings. The molecule has 1 heterocycles. The third-order valence-electron chi connectivity index (χ3n) is 3.02. The molecule has 0 aliphatic carbocycles. The number of hydrogen-bond donors (Lipinski definition) is 0. The number of anilines is 1. The van der Waals surface area contributed by atoms with E-state index in [0.29, 0.717) is 6.04 Å². The Balaban J connectivity index is 2.26. The molecular formula is C12H15BrClNO. The zero-order valence-corrected chi connectivity index (χ0v) is 11.6. The zero-order chi connectivity index (χ0) is 11.5. The molecule has 0 amide bonds. The summed E-state index contributed by atoms with van der Waals surface area (Å²) in [4.78, 5) is 2.27. The molecule has 1 aromatic rings. The van der Waals surface area contributed by atoms with Gasteiger partial charge in [0.15, 0.2) is 0 Å². The van der Waals surface area contributed by atoms with Crippen LogP contribution in [0, 0.1) is 0 Å². The molecule has 88 valence electrons. The Hall–Kier alpha value is -0.250. The van der Waals surface area contributed by atoms with Crippen molar-refractivity contribution in [3.63, 3.8) is 0 Å². The van der Waals surface area contributed by atoms with Crippen LogP contribution in [0.25, 0.3) is 0 Å². The van der Waals surface area contributed by atoms with Crippen molar-refractivity contribution in [2.75, 3.05) is 25.2 Å². The van der Waals surface area contributed by atoms with E-state index in [-0.39, 0.29) is 0 Å². The van der Waals surface area contributed by atoms with Crippen LogP contribution in [0.1, 0.15) is 12.0 Å². The van der Waals surface area contributed by atoms with Crippen LogP contribution < -0.4 is 4.90 Å². The van der Waals surface area contributed by atoms with E-state index in [2.05, 4.69) is 33.9 Å². The summed E-state index contributed by atoms with van der Waals surface area (Å²) in [7, 11) is 2.11. The Labute approximate surface area is 110 Å². The van der Waals surface area contributed by atoms with Crippen molar-refractivity contribution < 1.29 is 4.74 Å². The van der Waals surface area contributed by atoms with Gasteiger partial charge in [0.25, 0.3) is 0 Å². The Morgan fingerprint density at radius 2 is 2.38 bits per heavy atom. The second-order valence-corrected chi connectivity index (χ2v) is 5.03. The lowest BCUT2D eigenvalue weighted by molar-refractivity contribution is 0.193. The number of likely N-dealkylation sites (N-methyl/N-ethyl adjacent to an activating group) is 1. The Kier molecular flexibility index (Phi) is 4.11. The van der Waals surface area contributed by atoms with E-state index >= 15 is 0 Å². The Morgan fingerprint density at radius 1 is 1.56 bits per heavy atom. The van der Waals surface area contributed by atoms with E-state index < -0.39 is 0 Å². The first kappa shape index (κ1) is 12.2. The van der Waals surface area contributed by atoms with Gasteiger partial charge < -0.3 is 9.64 Å². The fraction of sp³-hybridized carbons (Fsp3) is 0.500. The zero-order valence-electron chi connectivity index (χ0n) is 9.25. The van der Waals surface area contributed by atoms with E-state index in [9.17, 15) is 0 Å². The van der Waals surface area contributed by atoms with Gasteiger partial charge in [-0.2, -0.15) is 0 Å². The Bertz CT molecular complexity index is 366. The van der Waals surface area contributed by atoms with Gasteiger partial charge in [-0.05, 0) is 24.1 Å². The standard InChI is InChI=1S/C12H15BrClNO/c1-15(11-4-5-16-8-11)12-6-10(14)3-2-9(12)7-13/h2-3,6,11H,4-5,7-8H2,1H3. The lowest BCUT2D eigenvalue weighted by atomic mass is 10.1. The molecule has 1 aromatic carbocycles. The summed E-state index contributed by atoms with van der Waals surface area (Å²) in [5, 5.41) is 1.63. The van der Waals surface area contributed by atoms with Crippen molar-refractivity contribution in [2.45, 2.75) is 17.8 Å². The summed E-state index contributed by atoms with van der Waals surface area (Å²) in [6, 6.07) is 6.49. The predicted molar refractivity (Wildman–Crippen MR) is 71.7 cm³/mol. The van der Waals surface area contributed by atoms with Crippen molar-refractivity contribution in [1.29, 1.82) is 0 Å². The molecule has 4 heteroatoms. The molecule has 0 bridgehead atoms. The highest BCUT2D eigenvalue weighted by Crippen LogP contribution is 2.28. The molecule has 2 nitrogen and oxygen atoms in total. The van der Waals surface area contributed by atoms with Crippen LogP contribution in [0.2, 0.25) is 5.02 Å². The molecule has 1 fully saturated rings. The smallest absolute Gasteiger partial charge is 0.0670 e. The van der Waals surface area contributed by atoms with E-state index in [4.69, 9.17) is 16.3 Å². The molecule has 1 unspecified atom stereocenters. The number of nitrogens with zero attached hydrogens (tertiary/aromatic N) is 1. The monoisotopic (exact) mass is 303 g/mol. The first-order chi connectivity index (χ1) is 7.72. The summed E-state index contributed by atoms with van der Waals surface area (Å²) in [6.45, 7) is 1.67. The summed E-state index contributed by atoms with van der Waals surface area (Å²) >= 11 is 9.56. The first-order valence-electron chi connectivity index (χ1n) is 5.37. The minimum Gasteiger partial charge on any atom is -0.379 e. The molecule has 0 spiro atoms. The highest BCUT2D eigenvalue weighted by Gasteiger charge is 2.22. The SMILES string of the molecule is CN(c1cc(Cl)ccc1CBr)C1CCOC1. The van der Waals surface area contributed by atoms with Crippen LogP contribution in [-0.2, 0) is 10.1 Å². The fourth-order valence-electron chi connectivity index (χ4n) is 2.00. The van der Waals surface area contributed by atoms with Gasteiger partial charge in [-0.25, -0.2) is 0 Å². The normalized spacial score (nSPS) is 20.1. The molecule has 2 rings (SSSR count). The van der Waals surface area contributed by atoms with Crippen LogP contribution in [0.15, 0.2) is 18.2 Å². The lowest BCUT2D eigenvalue weighted by Crippen LogP contribution is -2.32. The number of alkyl halides is 1. The molecule has 0 radical (unpaired) electrons. The summed E-state index contributed by atoms with van der Waals surface area (Å²) in [6.07, 6.45) is 1.09. The van der Waals surface area contributed by atoms with Crippen LogP contribution >= 0.6 is 27.5 Å². The van der Waals surface area contributed by atoms with Crippen molar-refractivity contribution in [2.24, 2.45) is 0 Å². The average molecular weight is 305 g/mol. The topological polar surface area (TPSA) is 12.5 Å². The number of hydrogen-bond acceptors (Lipinski definition) is 2. The highest BCUT2D eigenvalue weighted by molar-refractivity contribution is 9.08. The van der Waals surface area contributed by atoms with E-state index in [1.165, 1.54) is 11.3 Å². The van der Waals surface area contributed by atoms with Gasteiger partial charge in [-0.1, -0.05) is 33.6 Å². The van der Waals surface area contributed by atoms with Crippen LogP contribution in [0.4, 0.5) is 5.69 Å². The summed E-state index contributed by atoms with van der Waals surface area (Å²) in [5.41, 5.74) is 2.46. The largest absolute Gasteiger partial charge is 0.379 e. The minimum atomic E-state index is 0.469. The summed E-state index contributed by atoms with van der Waals surface area (Å²) < 4.78 is 5.42. The van der Waals surface area contributed by atoms with Crippen LogP contribution in [0.3, 0.4) is 0 Å². The quantitative estimate of drug-likeness (QED) is 0.793. The maximum absolute atomic E-state index is 6.05. The highest BCUT2D eigenvalue weighted by atomic mass is 79.9. The van der Waals surface area contributed by atoms with Crippen LogP contribution in [-0.4, -0.2) is 26.3 Å². The van der Waals surface area contributed by atoms with E-state index in [1.54, 1.807) is 0 Å². The van der Waals surface area contributed by atoms with E-state index in [0.717, 1.165) is 30.0 Å². The maximum Gasteiger partial charge on any atom is 0.0670 e. The molecule has 0 aromatic heterocycles. The second-order valence-electron chi connectivity index (χ2n) is 4.03. The number of ether oxygens (including phenoxy) is 1. The molecule has 1 saturated heterocycles. The van der Waals surface area contributed by atoms with Gasteiger partial charge in [-0.15, -0.1) is 0 Å². The van der Waals surface area contributed by atoms with Crippen molar-refractivity contribution in [3.8, 4) is 0 Å². The Morgan fingerprint density at radius 3 is 3.00 bits per heavy atom. The number of benzene rings is 1. The maximum atomic E-state index is 6.05. The van der Waals surface area contributed by atoms with Gasteiger partial charge in [-0.3, -0.25) is 0 Å². The van der Waals surface area contributed by atoms with E-state index in [1.807, 2.05) is 12.1 Å². The molecule has 0 N–H and O–H groups in total. The van der Waals surface area contributed by atoms with Gasteiger partial charge in [0.2, 0.25) is 0 Å². The molecule has 0 saturated carbocycles. The predicted octanol–water partition coefficient (Wildman–Crippen LogP) is 3.46. The second kappa shape index (κ2) is 5.39. The van der Waals surface area contributed by atoms with Crippen molar-refractivity contribution in [1.82, 2.24) is 0 Å². The fourth-order valence-corrected chi connectivity index (χ4v) is 2.64. The lowest BCUT2D eigenvalue weighted by Gasteiger charge is -2.27. The summed E-state index contributed by atoms with van der Waals surface area (Å²) in [5.74, 6) is 0. The number of rotatable bonds is 3. The minimum absolute atomic E-state index is 0.469. The van der Waals surface area contributed by atoms with Gasteiger partial charge in [0.1, 0.15) is 0 Å². The molecule has 1 atom stereocenters. The molecule has 16 heavy (non-hydrogen) atoms. The van der Waals surface area contributed by atoms with Gasteiger partial charge in [0.05, 0.1) is 12.6 Å². The third-order valence-corrected chi connectivity index (χ3v) is 3.86. The van der Waals surface area contributed by atoms with Crippen LogP contribution in [0.5, 0.6) is 0 Å². The van der Waals surface area contributed by atoms with Gasteiger partial charge >= 0.3 is 0 Å². The number of halogens is 2. The van der Waals surface area contributed by atoms with Gasteiger partial charge in [0, 0.05) is 29.7 Å². The molecular weight excluding hydrogens is 289 g/mol. The molecule has 1 aliphatic heterocycles. The third kappa shape index (κ3) is 2.53. The average Bonchev–Trinajstić information content (AvgIpc) is 2.81.